The first-order valence-electron chi connectivity index (χ1n) is 9.30. The second-order valence-corrected chi connectivity index (χ2v) is 7.59. The average Bonchev–Trinajstić information content (AvgIpc) is 3.36. The topological polar surface area (TPSA) is 6.48 Å². The van der Waals surface area contributed by atoms with E-state index in [1.165, 1.54) is 48.4 Å². The zero-order valence-corrected chi connectivity index (χ0v) is 14.9. The summed E-state index contributed by atoms with van der Waals surface area (Å²) >= 11 is 0. The minimum absolute atomic E-state index is 0.809. The van der Waals surface area contributed by atoms with Gasteiger partial charge in [0.25, 0.3) is 0 Å². The Hall–Kier alpha value is -1.80. The first-order chi connectivity index (χ1) is 11.7. The van der Waals surface area contributed by atoms with Crippen LogP contribution in [0.3, 0.4) is 0 Å². The van der Waals surface area contributed by atoms with Crippen LogP contribution in [0, 0.1) is 19.8 Å². The van der Waals surface area contributed by atoms with Gasteiger partial charge in [0.2, 0.25) is 0 Å². The van der Waals surface area contributed by atoms with E-state index in [9.17, 15) is 0 Å². The van der Waals surface area contributed by atoms with Gasteiger partial charge in [0, 0.05) is 38.4 Å². The van der Waals surface area contributed by atoms with Gasteiger partial charge in [-0.25, -0.2) is 0 Å². The van der Waals surface area contributed by atoms with E-state index < -0.39 is 0 Å². The number of anilines is 1. The monoisotopic (exact) mass is 320 g/mol. The zero-order valence-electron chi connectivity index (χ0n) is 14.9. The van der Waals surface area contributed by atoms with E-state index in [-0.39, 0.29) is 0 Å². The first-order valence-corrected chi connectivity index (χ1v) is 9.30. The highest BCUT2D eigenvalue weighted by atomic mass is 15.3. The molecule has 0 radical (unpaired) electrons. The van der Waals surface area contributed by atoms with E-state index in [2.05, 4.69) is 72.2 Å². The summed E-state index contributed by atoms with van der Waals surface area (Å²) in [5.41, 5.74) is 5.73. The van der Waals surface area contributed by atoms with Gasteiger partial charge in [-0.15, -0.1) is 0 Å². The zero-order chi connectivity index (χ0) is 16.5. The van der Waals surface area contributed by atoms with Crippen molar-refractivity contribution in [2.75, 3.05) is 37.6 Å². The fourth-order valence-electron chi connectivity index (χ4n) is 4.22. The van der Waals surface area contributed by atoms with Gasteiger partial charge in [0.1, 0.15) is 0 Å². The van der Waals surface area contributed by atoms with Gasteiger partial charge in [-0.3, -0.25) is 4.90 Å². The number of hydrogen-bond donors (Lipinski definition) is 0. The maximum absolute atomic E-state index is 2.67. The number of benzene rings is 2. The Kier molecular flexibility index (Phi) is 4.32. The molecule has 0 aromatic heterocycles. The van der Waals surface area contributed by atoms with Gasteiger partial charge in [-0.1, -0.05) is 48.0 Å². The number of aryl methyl sites for hydroxylation is 2. The Morgan fingerprint density at radius 2 is 1.67 bits per heavy atom. The summed E-state index contributed by atoms with van der Waals surface area (Å²) in [5.74, 6) is 1.68. The fraction of sp³-hybridized carbons (Fsp3) is 0.455. The van der Waals surface area contributed by atoms with Crippen molar-refractivity contribution in [2.24, 2.45) is 5.92 Å². The predicted molar refractivity (Wildman–Crippen MR) is 102 cm³/mol. The maximum atomic E-state index is 2.67. The van der Waals surface area contributed by atoms with Crippen molar-refractivity contribution in [3.63, 3.8) is 0 Å². The highest BCUT2D eigenvalue weighted by Crippen LogP contribution is 2.47. The normalized spacial score (nSPS) is 24.2. The lowest BCUT2D eigenvalue weighted by molar-refractivity contribution is 0.246. The molecular weight excluding hydrogens is 292 g/mol. The highest BCUT2D eigenvalue weighted by molar-refractivity contribution is 5.54. The smallest absolute Gasteiger partial charge is 0.0396 e. The summed E-state index contributed by atoms with van der Waals surface area (Å²) in [6.07, 6.45) is 1.38. The number of nitrogens with zero attached hydrogens (tertiary/aromatic N) is 2. The molecule has 1 aliphatic carbocycles. The van der Waals surface area contributed by atoms with Crippen LogP contribution in [-0.4, -0.2) is 37.6 Å². The Labute approximate surface area is 146 Å². The molecule has 0 bridgehead atoms. The average molecular weight is 320 g/mol. The third-order valence-electron chi connectivity index (χ3n) is 5.71. The molecule has 0 spiro atoms. The molecule has 2 aromatic rings. The van der Waals surface area contributed by atoms with Crippen molar-refractivity contribution >= 4 is 5.69 Å². The van der Waals surface area contributed by atoms with Gasteiger partial charge in [-0.05, 0) is 49.3 Å². The van der Waals surface area contributed by atoms with E-state index in [1.54, 1.807) is 0 Å². The molecule has 1 saturated heterocycles. The molecule has 2 heteroatoms. The second-order valence-electron chi connectivity index (χ2n) is 7.59. The third-order valence-corrected chi connectivity index (χ3v) is 5.71. The molecule has 2 fully saturated rings. The summed E-state index contributed by atoms with van der Waals surface area (Å²) in [6, 6.07) is 17.9. The molecule has 1 aliphatic heterocycles. The Bertz CT molecular complexity index is 686. The van der Waals surface area contributed by atoms with E-state index in [0.717, 1.165) is 24.9 Å². The molecule has 2 aromatic carbocycles. The van der Waals surface area contributed by atoms with Gasteiger partial charge < -0.3 is 4.90 Å². The number of hydrogen-bond acceptors (Lipinski definition) is 2. The minimum atomic E-state index is 0.809. The molecule has 1 heterocycles. The second kappa shape index (κ2) is 6.60. The van der Waals surface area contributed by atoms with Crippen molar-refractivity contribution in [1.82, 2.24) is 4.90 Å². The van der Waals surface area contributed by atoms with Crippen molar-refractivity contribution in [3.8, 4) is 0 Å². The lowest BCUT2D eigenvalue weighted by atomic mass is 10.1. The highest BCUT2D eigenvalue weighted by Gasteiger charge is 2.39. The molecular formula is C22H28N2. The van der Waals surface area contributed by atoms with Gasteiger partial charge in [0.05, 0.1) is 0 Å². The van der Waals surface area contributed by atoms with Crippen LogP contribution in [0.15, 0.2) is 48.5 Å². The van der Waals surface area contributed by atoms with Crippen molar-refractivity contribution in [2.45, 2.75) is 26.2 Å². The molecule has 126 valence electrons. The maximum Gasteiger partial charge on any atom is 0.0396 e. The molecule has 0 amide bonds. The lowest BCUT2D eigenvalue weighted by Crippen LogP contribution is -2.47. The summed E-state index contributed by atoms with van der Waals surface area (Å²) in [7, 11) is 0. The number of piperazine rings is 1. The van der Waals surface area contributed by atoms with Crippen LogP contribution >= 0.6 is 0 Å². The Balaban J connectivity index is 1.29. The summed E-state index contributed by atoms with van der Waals surface area (Å²) in [6.45, 7) is 10.4. The fourth-order valence-corrected chi connectivity index (χ4v) is 4.22. The van der Waals surface area contributed by atoms with Gasteiger partial charge >= 0.3 is 0 Å². The minimum Gasteiger partial charge on any atom is -0.369 e. The van der Waals surface area contributed by atoms with Crippen LogP contribution in [0.25, 0.3) is 0 Å². The quantitative estimate of drug-likeness (QED) is 0.832. The standard InChI is InChI=1S/C22H28N2/c1-17-8-9-22(18(2)14-17)24-12-10-23(11-13-24)16-20-15-21(20)19-6-4-3-5-7-19/h3-9,14,20-21H,10-13,15-16H2,1-2H3/t20?,21-/m1/s1. The van der Waals surface area contributed by atoms with E-state index in [4.69, 9.17) is 0 Å². The van der Waals surface area contributed by atoms with Crippen LogP contribution in [-0.2, 0) is 0 Å². The Morgan fingerprint density at radius 1 is 0.917 bits per heavy atom. The van der Waals surface area contributed by atoms with Crippen LogP contribution in [0.5, 0.6) is 0 Å². The van der Waals surface area contributed by atoms with Crippen LogP contribution in [0.4, 0.5) is 5.69 Å². The predicted octanol–water partition coefficient (Wildman–Crippen LogP) is 4.23. The Morgan fingerprint density at radius 3 is 2.38 bits per heavy atom. The van der Waals surface area contributed by atoms with E-state index >= 15 is 0 Å². The van der Waals surface area contributed by atoms with Crippen molar-refractivity contribution in [1.29, 1.82) is 0 Å². The SMILES string of the molecule is Cc1ccc(N2CCN(CC3C[C@@H]3c3ccccc3)CC2)c(C)c1. The largest absolute Gasteiger partial charge is 0.369 e. The van der Waals surface area contributed by atoms with Crippen LogP contribution < -0.4 is 4.90 Å². The summed E-state index contributed by atoms with van der Waals surface area (Å²) in [4.78, 5) is 5.24. The molecule has 1 saturated carbocycles. The van der Waals surface area contributed by atoms with E-state index in [0.29, 0.717) is 0 Å². The molecule has 4 rings (SSSR count). The van der Waals surface area contributed by atoms with Crippen LogP contribution in [0.2, 0.25) is 0 Å². The molecule has 2 aliphatic rings. The summed E-state index contributed by atoms with van der Waals surface area (Å²) in [5, 5.41) is 0. The van der Waals surface area contributed by atoms with Crippen molar-refractivity contribution < 1.29 is 0 Å². The van der Waals surface area contributed by atoms with Gasteiger partial charge in [-0.2, -0.15) is 0 Å². The molecule has 1 unspecified atom stereocenters. The van der Waals surface area contributed by atoms with Crippen molar-refractivity contribution in [3.05, 3.63) is 65.2 Å². The molecule has 2 nitrogen and oxygen atoms in total. The lowest BCUT2D eigenvalue weighted by Gasteiger charge is -2.37. The summed E-state index contributed by atoms with van der Waals surface area (Å²) < 4.78 is 0. The number of rotatable bonds is 4. The molecule has 0 N–H and O–H groups in total. The molecule has 24 heavy (non-hydrogen) atoms. The van der Waals surface area contributed by atoms with E-state index in [1.807, 2.05) is 0 Å². The molecule has 2 atom stereocenters. The first kappa shape index (κ1) is 15.7. The van der Waals surface area contributed by atoms with Gasteiger partial charge in [0.15, 0.2) is 0 Å². The third kappa shape index (κ3) is 3.34. The van der Waals surface area contributed by atoms with Crippen LogP contribution in [0.1, 0.15) is 29.0 Å².